The summed E-state index contributed by atoms with van der Waals surface area (Å²) in [6.07, 6.45) is -5.55. The van der Waals surface area contributed by atoms with Crippen molar-refractivity contribution in [3.63, 3.8) is 0 Å². The molecule has 3 aliphatic carbocycles. The molecule has 3 aliphatic rings. The van der Waals surface area contributed by atoms with Gasteiger partial charge in [0.05, 0.1) is 55.0 Å². The second-order valence-electron chi connectivity index (χ2n) is 17.5. The van der Waals surface area contributed by atoms with Gasteiger partial charge in [0, 0.05) is 32.2 Å². The number of nitrogens with one attached hydrogen (secondary N) is 2. The average molecular weight is 1130 g/mol. The normalized spacial score (nSPS) is 18.5. The van der Waals surface area contributed by atoms with Crippen molar-refractivity contribution in [2.24, 2.45) is 5.92 Å². The highest BCUT2D eigenvalue weighted by atomic mass is 127. The predicted octanol–water partition coefficient (Wildman–Crippen LogP) is 9.64. The molecule has 12 nitrogen and oxygen atoms in total. The second-order valence-corrected chi connectivity index (χ2v) is 24.0. The van der Waals surface area contributed by atoms with Gasteiger partial charge in [-0.1, -0.05) is 29.8 Å². The summed E-state index contributed by atoms with van der Waals surface area (Å²) in [7, 11) is -7.72. The van der Waals surface area contributed by atoms with Crippen LogP contribution in [0.15, 0.2) is 48.6 Å². The number of allylic oxidation sites excluding steroid dienone is 2. The minimum absolute atomic E-state index is 0.00936. The predicted molar refractivity (Wildman–Crippen MR) is 242 cm³/mol. The number of rotatable bonds is 17. The van der Waals surface area contributed by atoms with Crippen molar-refractivity contribution in [1.82, 2.24) is 29.9 Å². The lowest BCUT2D eigenvalue weighted by atomic mass is 9.81. The third-order valence-electron chi connectivity index (χ3n) is 12.4. The zero-order valence-electron chi connectivity index (χ0n) is 35.9. The van der Waals surface area contributed by atoms with Gasteiger partial charge in [-0.3, -0.25) is 23.9 Å². The van der Waals surface area contributed by atoms with Crippen LogP contribution in [0.5, 0.6) is 0 Å². The van der Waals surface area contributed by atoms with Crippen LogP contribution < -0.4 is 10.0 Å². The van der Waals surface area contributed by atoms with Crippen molar-refractivity contribution < 1.29 is 61.1 Å². The Morgan fingerprint density at radius 1 is 0.985 bits per heavy atom. The molecule has 8 rings (SSSR count). The first-order valence-corrected chi connectivity index (χ1v) is 25.7. The summed E-state index contributed by atoms with van der Waals surface area (Å²) in [4.78, 5) is 19.2. The van der Waals surface area contributed by atoms with Crippen LogP contribution in [0.4, 0.5) is 45.3 Å². The summed E-state index contributed by atoms with van der Waals surface area (Å²) in [6.45, 7) is 2.13. The minimum Gasteiger partial charge on any atom is -0.346 e. The molecule has 0 bridgehead atoms. The third kappa shape index (κ3) is 9.33. The number of carbonyl (C=O) groups excluding carboxylic acids is 1. The first-order chi connectivity index (χ1) is 31.6. The first kappa shape index (κ1) is 50.0. The lowest BCUT2D eigenvalue weighted by molar-refractivity contribution is -0.142. The van der Waals surface area contributed by atoms with Gasteiger partial charge in [0.15, 0.2) is 21.3 Å². The molecule has 0 radical (unpaired) electrons. The number of halogens is 11. The SMILES string of the molecule is CCS(=O)(=O)Nc1nn(CC(F)F)c2c(-c3cc(I)c(CCC(C)(C)S(=O)(=O)C4CC4)nc3[C@H](Cc3cc(F)cc(F)c3)NC(=O)Cn3nc(C(F)(F)F)c4c3C(F)(F)[C@@H]3C=C[C@H]43)ccc(Cl)c12. The molecule has 5 aromatic rings. The summed E-state index contributed by atoms with van der Waals surface area (Å²) < 4.78 is 188. The van der Waals surface area contributed by atoms with E-state index in [0.29, 0.717) is 22.5 Å². The van der Waals surface area contributed by atoms with Crippen molar-refractivity contribution in [1.29, 1.82) is 0 Å². The Hall–Kier alpha value is -4.43. The van der Waals surface area contributed by atoms with Crippen LogP contribution in [0.1, 0.15) is 85.9 Å². The number of benzene rings is 2. The van der Waals surface area contributed by atoms with E-state index in [0.717, 1.165) is 22.9 Å². The van der Waals surface area contributed by atoms with Crippen LogP contribution in [0.3, 0.4) is 0 Å². The van der Waals surface area contributed by atoms with E-state index in [1.165, 1.54) is 31.2 Å². The fraction of sp³-hybridized carbons (Fsp3) is 0.442. The molecule has 3 aromatic heterocycles. The van der Waals surface area contributed by atoms with Gasteiger partial charge in [0.1, 0.15) is 30.4 Å². The standard InChI is InChI=1S/C43H40ClF9IN7O5S2/c1-4-67(63,64)59-40-35-28(44)10-8-24(37(35)60(58-40)18-32(47)48)26-17-29(54)30(11-12-41(2,3)68(65,66)23-5-6-23)56-36(26)31(15-20-13-21(45)16-22(46)14-20)55-33(62)19-61-39-34(38(57-61)43(51,52)53)25-7-9-27(25)42(39,49)50/h7-10,13-14,16-17,23,25,27,31-32H,4-6,11-12,15,18-19H2,1-3H3,(H,55,62)(H,58,59)/t25-,27+,31-/m0/s1. The maximum atomic E-state index is 15.8. The van der Waals surface area contributed by atoms with Crippen molar-refractivity contribution in [3.8, 4) is 11.1 Å². The monoisotopic (exact) mass is 1130 g/mol. The van der Waals surface area contributed by atoms with E-state index in [9.17, 15) is 52.4 Å². The number of alkyl halides is 7. The summed E-state index contributed by atoms with van der Waals surface area (Å²) in [5, 5.41) is 9.40. The van der Waals surface area contributed by atoms with E-state index in [-0.39, 0.29) is 61.5 Å². The number of sulfonamides is 1. The number of sulfone groups is 1. The summed E-state index contributed by atoms with van der Waals surface area (Å²) in [5.41, 5.74) is -3.67. The van der Waals surface area contributed by atoms with Gasteiger partial charge < -0.3 is 5.32 Å². The van der Waals surface area contributed by atoms with Crippen LogP contribution in [0.2, 0.25) is 5.02 Å². The van der Waals surface area contributed by atoms with Gasteiger partial charge >= 0.3 is 6.18 Å². The molecule has 1 saturated carbocycles. The lowest BCUT2D eigenvalue weighted by Gasteiger charge is -2.28. The molecule has 0 aliphatic heterocycles. The highest BCUT2D eigenvalue weighted by molar-refractivity contribution is 14.1. The maximum absolute atomic E-state index is 15.8. The second kappa shape index (κ2) is 17.8. The van der Waals surface area contributed by atoms with Gasteiger partial charge in [-0.2, -0.15) is 32.1 Å². The fourth-order valence-electron chi connectivity index (χ4n) is 8.78. The molecule has 25 heteroatoms. The first-order valence-electron chi connectivity index (χ1n) is 21.0. The zero-order chi connectivity index (χ0) is 49.6. The Labute approximate surface area is 402 Å². The van der Waals surface area contributed by atoms with E-state index in [1.54, 1.807) is 13.8 Å². The Kier molecular flexibility index (Phi) is 13.1. The molecule has 3 atom stereocenters. The number of aryl methyl sites for hydroxylation is 1. The van der Waals surface area contributed by atoms with Crippen LogP contribution in [0, 0.1) is 21.1 Å². The summed E-state index contributed by atoms with van der Waals surface area (Å²) in [5.74, 6) is -11.0. The van der Waals surface area contributed by atoms with Crippen molar-refractivity contribution in [2.45, 2.75) is 106 Å². The van der Waals surface area contributed by atoms with Crippen LogP contribution >= 0.6 is 34.2 Å². The molecule has 1 fully saturated rings. The molecule has 0 saturated heterocycles. The number of amides is 1. The molecule has 0 spiro atoms. The number of aromatic nitrogens is 5. The summed E-state index contributed by atoms with van der Waals surface area (Å²) in [6, 6.07) is 5.01. The van der Waals surface area contributed by atoms with Crippen molar-refractivity contribution in [3.05, 3.63) is 103 Å². The van der Waals surface area contributed by atoms with Crippen LogP contribution in [-0.2, 0) is 62.7 Å². The van der Waals surface area contributed by atoms with Gasteiger partial charge in [0.25, 0.3) is 12.3 Å². The molecular weight excluding hydrogens is 1090 g/mol. The average Bonchev–Trinajstić information content (AvgIpc) is 3.89. The van der Waals surface area contributed by atoms with Crippen molar-refractivity contribution in [2.75, 3.05) is 10.5 Å². The van der Waals surface area contributed by atoms with E-state index < -0.39 is 132 Å². The van der Waals surface area contributed by atoms with Gasteiger partial charge in [-0.05, 0) is 105 Å². The van der Waals surface area contributed by atoms with E-state index in [2.05, 4.69) is 20.2 Å². The fourth-order valence-corrected chi connectivity index (χ4v) is 12.4. The molecule has 68 heavy (non-hydrogen) atoms. The topological polar surface area (TPSA) is 158 Å². The van der Waals surface area contributed by atoms with Gasteiger partial charge in [-0.15, -0.1) is 0 Å². The molecule has 3 heterocycles. The van der Waals surface area contributed by atoms with Crippen molar-refractivity contribution >= 4 is 76.7 Å². The minimum atomic E-state index is -5.19. The molecule has 366 valence electrons. The third-order valence-corrected chi connectivity index (χ3v) is 18.0. The highest BCUT2D eigenvalue weighted by Gasteiger charge is 2.61. The Morgan fingerprint density at radius 2 is 1.66 bits per heavy atom. The zero-order valence-corrected chi connectivity index (χ0v) is 40.5. The largest absolute Gasteiger partial charge is 0.435 e. The Bertz CT molecular complexity index is 3100. The molecule has 1 amide bonds. The lowest BCUT2D eigenvalue weighted by Crippen LogP contribution is -2.36. The maximum Gasteiger partial charge on any atom is 0.435 e. The van der Waals surface area contributed by atoms with Gasteiger partial charge in [0.2, 0.25) is 15.9 Å². The van der Waals surface area contributed by atoms with Gasteiger partial charge in [-0.25, -0.2) is 34.4 Å². The molecular formula is C43H40ClF9IN7O5S2. The number of carbonyl (C=O) groups is 1. The summed E-state index contributed by atoms with van der Waals surface area (Å²) >= 11 is 8.55. The number of hydrogen-bond donors (Lipinski definition) is 2. The van der Waals surface area contributed by atoms with E-state index in [1.807, 2.05) is 22.6 Å². The molecule has 2 N–H and O–H groups in total. The Balaban J connectivity index is 1.32. The number of fused-ring (bicyclic) bond motifs is 4. The number of anilines is 1. The Morgan fingerprint density at radius 3 is 2.25 bits per heavy atom. The number of hydrogen-bond acceptors (Lipinski definition) is 8. The number of nitrogens with zero attached hydrogens (tertiary/aromatic N) is 5. The molecule has 0 unspecified atom stereocenters. The quantitative estimate of drug-likeness (QED) is 0.0530. The van der Waals surface area contributed by atoms with E-state index in [4.69, 9.17) is 16.6 Å². The van der Waals surface area contributed by atoms with E-state index >= 15 is 8.78 Å². The molecule has 2 aromatic carbocycles. The number of pyridine rings is 1. The van der Waals surface area contributed by atoms with Crippen LogP contribution in [-0.4, -0.2) is 69.5 Å². The smallest absolute Gasteiger partial charge is 0.346 e. The highest BCUT2D eigenvalue weighted by Crippen LogP contribution is 2.60. The van der Waals surface area contributed by atoms with Crippen LogP contribution in [0.25, 0.3) is 22.0 Å².